The number of carbonyl (C=O) groups excluding carboxylic acids is 1. The molecule has 1 aromatic heterocycles. The number of benzene rings is 2. The molecule has 4 nitrogen and oxygen atoms in total. The van der Waals surface area contributed by atoms with E-state index in [0.717, 1.165) is 49.4 Å². The molecule has 2 aromatic carbocycles. The molecule has 0 aliphatic carbocycles. The van der Waals surface area contributed by atoms with E-state index < -0.39 is 0 Å². The van der Waals surface area contributed by atoms with E-state index in [-0.39, 0.29) is 11.9 Å². The first kappa shape index (κ1) is 19.7. The number of carbonyl (C=O) groups is 1. The molecule has 4 rings (SSSR count). The number of hydrogen-bond donors (Lipinski definition) is 0. The second-order valence-corrected chi connectivity index (χ2v) is 8.02. The van der Waals surface area contributed by atoms with Crippen LogP contribution in [-0.2, 0) is 11.2 Å². The molecule has 1 saturated heterocycles. The third kappa shape index (κ3) is 4.38. The van der Waals surface area contributed by atoms with Crippen molar-refractivity contribution in [2.75, 3.05) is 18.0 Å². The van der Waals surface area contributed by atoms with Crippen LogP contribution < -0.4 is 4.90 Å². The monoisotopic (exact) mass is 390 g/mol. The highest BCUT2D eigenvalue weighted by Crippen LogP contribution is 2.27. The van der Waals surface area contributed by atoms with Gasteiger partial charge in [-0.05, 0) is 44.0 Å². The van der Waals surface area contributed by atoms with Crippen LogP contribution in [0.3, 0.4) is 0 Å². The Morgan fingerprint density at radius 1 is 1.10 bits per heavy atom. The van der Waals surface area contributed by atoms with Crippen LogP contribution in [0.25, 0.3) is 11.0 Å². The molecule has 1 aliphatic rings. The molecule has 0 spiro atoms. The molecule has 1 fully saturated rings. The SMILES string of the molecule is CCC(=O)N(c1ccccc1)C1CCN(C(C)Cc2cc3ccccc3o2)CC1. The van der Waals surface area contributed by atoms with E-state index in [1.807, 2.05) is 60.4 Å². The minimum absolute atomic E-state index is 0.213. The largest absolute Gasteiger partial charge is 0.461 e. The first-order chi connectivity index (χ1) is 14.2. The molecule has 1 atom stereocenters. The quantitative estimate of drug-likeness (QED) is 0.575. The molecular formula is C25H30N2O2. The number of likely N-dealkylation sites (tertiary alicyclic amines) is 1. The Hall–Kier alpha value is -2.59. The van der Waals surface area contributed by atoms with Gasteiger partial charge in [0.25, 0.3) is 0 Å². The number of fused-ring (bicyclic) bond motifs is 1. The summed E-state index contributed by atoms with van der Waals surface area (Å²) in [6.07, 6.45) is 3.46. The van der Waals surface area contributed by atoms with Crippen molar-refractivity contribution in [2.45, 2.75) is 51.6 Å². The van der Waals surface area contributed by atoms with E-state index in [2.05, 4.69) is 24.0 Å². The highest BCUT2D eigenvalue weighted by Gasteiger charge is 2.30. The van der Waals surface area contributed by atoms with Gasteiger partial charge >= 0.3 is 0 Å². The van der Waals surface area contributed by atoms with Crippen LogP contribution in [0.2, 0.25) is 0 Å². The van der Waals surface area contributed by atoms with Crippen molar-refractivity contribution in [1.29, 1.82) is 0 Å². The van der Waals surface area contributed by atoms with Crippen LogP contribution in [0, 0.1) is 0 Å². The van der Waals surface area contributed by atoms with Crippen molar-refractivity contribution in [3.63, 3.8) is 0 Å². The van der Waals surface area contributed by atoms with Crippen LogP contribution in [-0.4, -0.2) is 36.0 Å². The molecule has 1 aliphatic heterocycles. The fraction of sp³-hybridized carbons (Fsp3) is 0.400. The fourth-order valence-electron chi connectivity index (χ4n) is 4.46. The normalized spacial score (nSPS) is 16.8. The van der Waals surface area contributed by atoms with Gasteiger partial charge < -0.3 is 14.2 Å². The number of para-hydroxylation sites is 2. The first-order valence-corrected chi connectivity index (χ1v) is 10.7. The second-order valence-electron chi connectivity index (χ2n) is 8.02. The van der Waals surface area contributed by atoms with Gasteiger partial charge in [0.1, 0.15) is 11.3 Å². The molecule has 4 heteroatoms. The number of rotatable bonds is 6. The summed E-state index contributed by atoms with van der Waals surface area (Å²) in [5.41, 5.74) is 1.98. The summed E-state index contributed by atoms with van der Waals surface area (Å²) >= 11 is 0. The van der Waals surface area contributed by atoms with Crippen LogP contribution in [0.15, 0.2) is 65.1 Å². The number of amides is 1. The van der Waals surface area contributed by atoms with Gasteiger partial charge in [-0.25, -0.2) is 0 Å². The zero-order valence-corrected chi connectivity index (χ0v) is 17.4. The smallest absolute Gasteiger partial charge is 0.226 e. The van der Waals surface area contributed by atoms with E-state index in [9.17, 15) is 4.79 Å². The summed E-state index contributed by atoms with van der Waals surface area (Å²) in [5, 5.41) is 1.17. The maximum atomic E-state index is 12.7. The summed E-state index contributed by atoms with van der Waals surface area (Å²) in [5.74, 6) is 1.26. The van der Waals surface area contributed by atoms with E-state index in [0.29, 0.717) is 12.5 Å². The van der Waals surface area contributed by atoms with E-state index in [1.54, 1.807) is 0 Å². The Bertz CT molecular complexity index is 909. The lowest BCUT2D eigenvalue weighted by Gasteiger charge is -2.40. The highest BCUT2D eigenvalue weighted by atomic mass is 16.3. The molecule has 29 heavy (non-hydrogen) atoms. The molecule has 3 aromatic rings. The minimum Gasteiger partial charge on any atom is -0.461 e. The van der Waals surface area contributed by atoms with Crippen LogP contribution in [0.1, 0.15) is 38.9 Å². The van der Waals surface area contributed by atoms with Gasteiger partial charge in [-0.2, -0.15) is 0 Å². The third-order valence-corrected chi connectivity index (χ3v) is 6.07. The van der Waals surface area contributed by atoms with Crippen molar-refractivity contribution in [1.82, 2.24) is 4.90 Å². The molecule has 1 amide bonds. The van der Waals surface area contributed by atoms with Crippen LogP contribution >= 0.6 is 0 Å². The van der Waals surface area contributed by atoms with Crippen molar-refractivity contribution in [3.05, 3.63) is 66.4 Å². The van der Waals surface area contributed by atoms with Crippen molar-refractivity contribution in [3.8, 4) is 0 Å². The Labute approximate surface area is 173 Å². The maximum absolute atomic E-state index is 12.7. The molecule has 0 N–H and O–H groups in total. The highest BCUT2D eigenvalue weighted by molar-refractivity contribution is 5.93. The number of hydrogen-bond acceptors (Lipinski definition) is 3. The van der Waals surface area contributed by atoms with E-state index in [1.165, 1.54) is 5.39 Å². The first-order valence-electron chi connectivity index (χ1n) is 10.7. The van der Waals surface area contributed by atoms with Gasteiger partial charge in [0.05, 0.1) is 0 Å². The van der Waals surface area contributed by atoms with Gasteiger partial charge in [0.15, 0.2) is 0 Å². The second kappa shape index (κ2) is 8.83. The molecule has 2 heterocycles. The lowest BCUT2D eigenvalue weighted by Crippen LogP contribution is -2.49. The molecular weight excluding hydrogens is 360 g/mol. The Balaban J connectivity index is 1.39. The number of piperidine rings is 1. The maximum Gasteiger partial charge on any atom is 0.226 e. The molecule has 1 unspecified atom stereocenters. The lowest BCUT2D eigenvalue weighted by atomic mass is 9.99. The Kier molecular flexibility index (Phi) is 6.00. The average Bonchev–Trinajstić information content (AvgIpc) is 3.17. The fourth-order valence-corrected chi connectivity index (χ4v) is 4.46. The van der Waals surface area contributed by atoms with Crippen LogP contribution in [0.5, 0.6) is 0 Å². The number of anilines is 1. The summed E-state index contributed by atoms with van der Waals surface area (Å²) in [4.78, 5) is 17.2. The summed E-state index contributed by atoms with van der Waals surface area (Å²) in [6, 6.07) is 21.2. The molecule has 0 radical (unpaired) electrons. The number of nitrogens with zero attached hydrogens (tertiary/aromatic N) is 2. The molecule has 0 bridgehead atoms. The van der Waals surface area contributed by atoms with E-state index in [4.69, 9.17) is 4.42 Å². The summed E-state index contributed by atoms with van der Waals surface area (Å²) in [6.45, 7) is 6.24. The van der Waals surface area contributed by atoms with Gasteiger partial charge in [-0.1, -0.05) is 43.3 Å². The third-order valence-electron chi connectivity index (χ3n) is 6.07. The predicted octanol–water partition coefficient (Wildman–Crippen LogP) is 5.27. The van der Waals surface area contributed by atoms with Crippen LogP contribution in [0.4, 0.5) is 5.69 Å². The van der Waals surface area contributed by atoms with Crippen molar-refractivity contribution in [2.24, 2.45) is 0 Å². The topological polar surface area (TPSA) is 36.7 Å². The summed E-state index contributed by atoms with van der Waals surface area (Å²) < 4.78 is 6.01. The van der Waals surface area contributed by atoms with E-state index >= 15 is 0 Å². The van der Waals surface area contributed by atoms with Gasteiger partial charge in [-0.15, -0.1) is 0 Å². The lowest BCUT2D eigenvalue weighted by molar-refractivity contribution is -0.119. The standard InChI is InChI=1S/C25H30N2O2/c1-3-25(28)27(21-10-5-4-6-11-21)22-13-15-26(16-14-22)19(2)17-23-18-20-9-7-8-12-24(20)29-23/h4-12,18-19,22H,3,13-17H2,1-2H3. The summed E-state index contributed by atoms with van der Waals surface area (Å²) in [7, 11) is 0. The van der Waals surface area contributed by atoms with Gasteiger partial charge in [0, 0.05) is 49.1 Å². The minimum atomic E-state index is 0.213. The van der Waals surface area contributed by atoms with Gasteiger partial charge in [0.2, 0.25) is 5.91 Å². The Morgan fingerprint density at radius 2 is 1.79 bits per heavy atom. The Morgan fingerprint density at radius 3 is 2.48 bits per heavy atom. The predicted molar refractivity (Wildman–Crippen MR) is 118 cm³/mol. The molecule has 0 saturated carbocycles. The number of furan rings is 1. The zero-order chi connectivity index (χ0) is 20.2. The van der Waals surface area contributed by atoms with Gasteiger partial charge in [-0.3, -0.25) is 4.79 Å². The zero-order valence-electron chi connectivity index (χ0n) is 17.4. The average molecular weight is 391 g/mol. The van der Waals surface area contributed by atoms with Crippen molar-refractivity contribution >= 4 is 22.6 Å². The molecule has 152 valence electrons. The van der Waals surface area contributed by atoms with Crippen molar-refractivity contribution < 1.29 is 9.21 Å².